The van der Waals surface area contributed by atoms with Gasteiger partial charge in [-0.15, -0.1) is 0 Å². The van der Waals surface area contributed by atoms with Gasteiger partial charge in [-0.25, -0.2) is 14.5 Å². The van der Waals surface area contributed by atoms with Crippen molar-refractivity contribution >= 4 is 35.1 Å². The summed E-state index contributed by atoms with van der Waals surface area (Å²) in [4.78, 5) is 54.0. The van der Waals surface area contributed by atoms with Crippen LogP contribution in [0.1, 0.15) is 26.3 Å². The van der Waals surface area contributed by atoms with Gasteiger partial charge in [0.05, 0.1) is 48.9 Å². The highest BCUT2D eigenvalue weighted by Crippen LogP contribution is 2.38. The van der Waals surface area contributed by atoms with Crippen molar-refractivity contribution in [2.75, 3.05) is 37.4 Å². The topological polar surface area (TPSA) is 102 Å². The lowest BCUT2D eigenvalue weighted by atomic mass is 10.0. The number of rotatable bonds is 4. The number of amides is 2. The quantitative estimate of drug-likeness (QED) is 0.531. The summed E-state index contributed by atoms with van der Waals surface area (Å²) < 4.78 is 15.2. The number of carbonyl (C=O) groups excluding carboxylic acids is 4. The maximum atomic E-state index is 13.5. The third-order valence-corrected chi connectivity index (χ3v) is 5.37. The number of hydrogen-bond donors (Lipinski definition) is 0. The normalized spacial score (nSPS) is 15.7. The van der Waals surface area contributed by atoms with Crippen molar-refractivity contribution in [2.45, 2.75) is 6.92 Å². The second kappa shape index (κ2) is 8.27. The number of esters is 2. The molecular formula is C23H20N2O7. The standard InChI is InChI=1S/C23H20N2O7/c1-13-7-4-5-9-16(13)25-20(26)14-8-6-10-17(18(14)21(25)27)24-12-32-11-15(22(28)30-2)19(24)23(29)31-3/h4-10H,11-12H2,1-3H3. The summed E-state index contributed by atoms with van der Waals surface area (Å²) in [5.41, 5.74) is 1.62. The molecule has 0 fully saturated rings. The summed E-state index contributed by atoms with van der Waals surface area (Å²) in [6.07, 6.45) is 0. The highest BCUT2D eigenvalue weighted by molar-refractivity contribution is 6.36. The van der Waals surface area contributed by atoms with Crippen LogP contribution in [0.5, 0.6) is 0 Å². The zero-order valence-electron chi connectivity index (χ0n) is 17.7. The summed E-state index contributed by atoms with van der Waals surface area (Å²) in [6.45, 7) is 1.51. The van der Waals surface area contributed by atoms with Crippen LogP contribution in [0, 0.1) is 6.92 Å². The van der Waals surface area contributed by atoms with Crippen LogP contribution in [0.15, 0.2) is 53.7 Å². The molecule has 9 nitrogen and oxygen atoms in total. The lowest BCUT2D eigenvalue weighted by Gasteiger charge is -2.32. The Morgan fingerprint density at radius 2 is 1.59 bits per heavy atom. The molecule has 32 heavy (non-hydrogen) atoms. The number of imide groups is 1. The summed E-state index contributed by atoms with van der Waals surface area (Å²) in [5, 5.41) is 0. The Bertz CT molecular complexity index is 1180. The number of benzene rings is 2. The van der Waals surface area contributed by atoms with Gasteiger partial charge in [-0.1, -0.05) is 24.3 Å². The SMILES string of the molecule is COC(=O)C1=C(C(=O)OC)N(c2cccc3c2C(=O)N(c2ccccc2C)C3=O)COC1. The van der Waals surface area contributed by atoms with Gasteiger partial charge in [-0.05, 0) is 30.7 Å². The molecule has 0 aromatic heterocycles. The van der Waals surface area contributed by atoms with Crippen molar-refractivity contribution in [2.24, 2.45) is 0 Å². The van der Waals surface area contributed by atoms with E-state index in [2.05, 4.69) is 0 Å². The van der Waals surface area contributed by atoms with E-state index in [0.29, 0.717) is 5.69 Å². The van der Waals surface area contributed by atoms with Crippen molar-refractivity contribution in [1.29, 1.82) is 0 Å². The minimum Gasteiger partial charge on any atom is -0.466 e. The number of methoxy groups -OCH3 is 2. The second-order valence-electron chi connectivity index (χ2n) is 7.15. The number of nitrogens with zero attached hydrogens (tertiary/aromatic N) is 2. The van der Waals surface area contributed by atoms with Gasteiger partial charge >= 0.3 is 11.9 Å². The Labute approximate surface area is 183 Å². The highest BCUT2D eigenvalue weighted by Gasteiger charge is 2.42. The molecule has 164 valence electrons. The molecular weight excluding hydrogens is 416 g/mol. The molecule has 0 radical (unpaired) electrons. The second-order valence-corrected chi connectivity index (χ2v) is 7.15. The summed E-state index contributed by atoms with van der Waals surface area (Å²) in [5.74, 6) is -2.56. The first-order valence-corrected chi connectivity index (χ1v) is 9.73. The highest BCUT2D eigenvalue weighted by atomic mass is 16.5. The minimum atomic E-state index is -0.793. The average Bonchev–Trinajstić information content (AvgIpc) is 3.08. The Morgan fingerprint density at radius 3 is 2.28 bits per heavy atom. The largest absolute Gasteiger partial charge is 0.466 e. The molecule has 2 aromatic carbocycles. The molecule has 0 aliphatic carbocycles. The van der Waals surface area contributed by atoms with Crippen LogP contribution in [-0.4, -0.2) is 51.3 Å². The van der Waals surface area contributed by atoms with Crippen LogP contribution >= 0.6 is 0 Å². The first kappa shape index (κ1) is 21.3. The van der Waals surface area contributed by atoms with Crippen LogP contribution in [-0.2, 0) is 23.8 Å². The van der Waals surface area contributed by atoms with Crippen molar-refractivity contribution in [3.8, 4) is 0 Å². The fraction of sp³-hybridized carbons (Fsp3) is 0.217. The maximum absolute atomic E-state index is 13.5. The van der Waals surface area contributed by atoms with Gasteiger partial charge in [-0.3, -0.25) is 9.59 Å². The van der Waals surface area contributed by atoms with E-state index in [4.69, 9.17) is 14.2 Å². The summed E-state index contributed by atoms with van der Waals surface area (Å²) in [6, 6.07) is 11.8. The van der Waals surface area contributed by atoms with E-state index in [9.17, 15) is 19.2 Å². The predicted octanol–water partition coefficient (Wildman–Crippen LogP) is 2.19. The molecule has 2 aliphatic rings. The van der Waals surface area contributed by atoms with Gasteiger partial charge < -0.3 is 19.1 Å². The van der Waals surface area contributed by atoms with E-state index in [1.807, 2.05) is 6.07 Å². The smallest absolute Gasteiger partial charge is 0.355 e. The van der Waals surface area contributed by atoms with Crippen LogP contribution in [0.3, 0.4) is 0 Å². The van der Waals surface area contributed by atoms with Gasteiger partial charge in [-0.2, -0.15) is 0 Å². The Balaban J connectivity index is 1.88. The lowest BCUT2D eigenvalue weighted by molar-refractivity contribution is -0.140. The van der Waals surface area contributed by atoms with Gasteiger partial charge in [0, 0.05) is 0 Å². The number of para-hydroxylation sites is 1. The van der Waals surface area contributed by atoms with E-state index in [0.717, 1.165) is 10.5 Å². The van der Waals surface area contributed by atoms with Crippen LogP contribution in [0.25, 0.3) is 0 Å². The fourth-order valence-corrected chi connectivity index (χ4v) is 3.86. The molecule has 9 heteroatoms. The Hall–Kier alpha value is -3.98. The third-order valence-electron chi connectivity index (χ3n) is 5.37. The molecule has 0 bridgehead atoms. The number of anilines is 2. The minimum absolute atomic E-state index is 0.0456. The van der Waals surface area contributed by atoms with E-state index < -0.39 is 23.8 Å². The molecule has 0 atom stereocenters. The number of fused-ring (bicyclic) bond motifs is 1. The van der Waals surface area contributed by atoms with Gasteiger partial charge in [0.15, 0.2) is 0 Å². The molecule has 2 heterocycles. The maximum Gasteiger partial charge on any atom is 0.355 e. The van der Waals surface area contributed by atoms with Crippen LogP contribution < -0.4 is 9.80 Å². The first-order valence-electron chi connectivity index (χ1n) is 9.73. The molecule has 0 saturated heterocycles. The number of aryl methyl sites for hydroxylation is 1. The summed E-state index contributed by atoms with van der Waals surface area (Å²) in [7, 11) is 2.37. The number of ether oxygens (including phenoxy) is 3. The lowest BCUT2D eigenvalue weighted by Crippen LogP contribution is -2.39. The summed E-state index contributed by atoms with van der Waals surface area (Å²) >= 11 is 0. The molecule has 0 saturated carbocycles. The monoisotopic (exact) mass is 436 g/mol. The third kappa shape index (κ3) is 3.23. The Kier molecular flexibility index (Phi) is 5.50. The van der Waals surface area contributed by atoms with Crippen molar-refractivity contribution in [3.63, 3.8) is 0 Å². The van der Waals surface area contributed by atoms with Crippen LogP contribution in [0.4, 0.5) is 11.4 Å². The van der Waals surface area contributed by atoms with Crippen molar-refractivity contribution in [3.05, 3.63) is 70.4 Å². The average molecular weight is 436 g/mol. The molecule has 2 aliphatic heterocycles. The molecule has 2 amide bonds. The van der Waals surface area contributed by atoms with Crippen molar-refractivity contribution in [1.82, 2.24) is 0 Å². The Morgan fingerprint density at radius 1 is 0.906 bits per heavy atom. The molecule has 0 unspecified atom stereocenters. The van der Waals surface area contributed by atoms with Gasteiger partial charge in [0.25, 0.3) is 11.8 Å². The van der Waals surface area contributed by atoms with Gasteiger partial charge in [0.2, 0.25) is 0 Å². The van der Waals surface area contributed by atoms with E-state index in [1.54, 1.807) is 43.3 Å². The van der Waals surface area contributed by atoms with Gasteiger partial charge in [0.1, 0.15) is 12.4 Å². The fourth-order valence-electron chi connectivity index (χ4n) is 3.86. The number of hydrogen-bond acceptors (Lipinski definition) is 8. The molecule has 0 N–H and O–H groups in total. The van der Waals surface area contributed by atoms with E-state index in [1.165, 1.54) is 19.1 Å². The number of carbonyl (C=O) groups is 4. The molecule has 4 rings (SSSR count). The first-order chi connectivity index (χ1) is 15.4. The molecule has 0 spiro atoms. The zero-order chi connectivity index (χ0) is 23.0. The molecule has 2 aromatic rings. The van der Waals surface area contributed by atoms with E-state index >= 15 is 0 Å². The van der Waals surface area contributed by atoms with Crippen molar-refractivity contribution < 1.29 is 33.4 Å². The predicted molar refractivity (Wildman–Crippen MR) is 113 cm³/mol. The van der Waals surface area contributed by atoms with E-state index in [-0.39, 0.29) is 41.4 Å². The zero-order valence-corrected chi connectivity index (χ0v) is 17.7. The van der Waals surface area contributed by atoms with Crippen LogP contribution in [0.2, 0.25) is 0 Å².